The number of pyridine rings is 1. The molecule has 2 N–H and O–H groups in total. The van der Waals surface area contributed by atoms with Crippen LogP contribution >= 0.6 is 0 Å². The molecule has 1 aromatic carbocycles. The second-order valence-corrected chi connectivity index (χ2v) is 5.45. The molecular weight excluding hydrogens is 268 g/mol. The molecule has 1 fully saturated rings. The van der Waals surface area contributed by atoms with Crippen molar-refractivity contribution in [1.29, 1.82) is 0 Å². The molecule has 0 saturated carbocycles. The van der Waals surface area contributed by atoms with E-state index in [1.165, 1.54) is 0 Å². The van der Waals surface area contributed by atoms with E-state index in [0.29, 0.717) is 17.5 Å². The molecule has 0 spiro atoms. The van der Waals surface area contributed by atoms with Gasteiger partial charge in [0.25, 0.3) is 5.69 Å². The van der Waals surface area contributed by atoms with Crippen LogP contribution in [0.15, 0.2) is 30.6 Å². The average molecular weight is 286 g/mol. The second kappa shape index (κ2) is 5.65. The lowest BCUT2D eigenvalue weighted by Gasteiger charge is -2.31. The molecule has 0 amide bonds. The van der Waals surface area contributed by atoms with Gasteiger partial charge in [-0.2, -0.15) is 0 Å². The molecule has 2 heterocycles. The molecular formula is C15H18N4O2. The molecule has 2 unspecified atom stereocenters. The van der Waals surface area contributed by atoms with Gasteiger partial charge in [0.05, 0.1) is 10.3 Å². The maximum atomic E-state index is 11.1. The largest absolute Gasteiger partial charge is 0.380 e. The fourth-order valence-corrected chi connectivity index (χ4v) is 2.90. The van der Waals surface area contributed by atoms with Crippen molar-refractivity contribution >= 4 is 22.1 Å². The molecule has 1 aromatic heterocycles. The summed E-state index contributed by atoms with van der Waals surface area (Å²) in [5.74, 6) is 0. The summed E-state index contributed by atoms with van der Waals surface area (Å²) in [5, 5.41) is 19.5. The first-order valence-corrected chi connectivity index (χ1v) is 7.18. The number of hydrogen-bond acceptors (Lipinski definition) is 5. The summed E-state index contributed by atoms with van der Waals surface area (Å²) < 4.78 is 0. The third kappa shape index (κ3) is 2.67. The van der Waals surface area contributed by atoms with E-state index in [9.17, 15) is 10.1 Å². The minimum absolute atomic E-state index is 0.0958. The average Bonchev–Trinajstić information content (AvgIpc) is 2.49. The summed E-state index contributed by atoms with van der Waals surface area (Å²) in [4.78, 5) is 14.8. The number of anilines is 1. The molecule has 21 heavy (non-hydrogen) atoms. The number of fused-ring (bicyclic) bond motifs is 1. The first-order valence-electron chi connectivity index (χ1n) is 7.18. The molecule has 3 rings (SSSR count). The van der Waals surface area contributed by atoms with E-state index < -0.39 is 0 Å². The minimum Gasteiger partial charge on any atom is -0.380 e. The highest BCUT2D eigenvalue weighted by Gasteiger charge is 2.22. The molecule has 0 aliphatic carbocycles. The number of nitro groups is 1. The Hall–Kier alpha value is -2.21. The van der Waals surface area contributed by atoms with Crippen LogP contribution in [-0.2, 0) is 0 Å². The summed E-state index contributed by atoms with van der Waals surface area (Å²) in [6, 6.07) is 5.88. The normalized spacial score (nSPS) is 22.1. The Morgan fingerprint density at radius 3 is 3.00 bits per heavy atom. The maximum Gasteiger partial charge on any atom is 0.278 e. The van der Waals surface area contributed by atoms with E-state index in [1.54, 1.807) is 24.5 Å². The lowest BCUT2D eigenvalue weighted by atomic mass is 9.99. The van der Waals surface area contributed by atoms with Gasteiger partial charge in [-0.3, -0.25) is 15.1 Å². The van der Waals surface area contributed by atoms with Gasteiger partial charge in [-0.05, 0) is 38.4 Å². The van der Waals surface area contributed by atoms with Gasteiger partial charge in [-0.1, -0.05) is 0 Å². The van der Waals surface area contributed by atoms with E-state index in [4.69, 9.17) is 0 Å². The molecule has 2 aromatic rings. The van der Waals surface area contributed by atoms with Crippen molar-refractivity contribution < 1.29 is 4.92 Å². The van der Waals surface area contributed by atoms with Crippen LogP contribution < -0.4 is 10.6 Å². The lowest BCUT2D eigenvalue weighted by Crippen LogP contribution is -2.46. The van der Waals surface area contributed by atoms with Crippen molar-refractivity contribution in [3.05, 3.63) is 40.7 Å². The predicted octanol–water partition coefficient (Wildman–Crippen LogP) is 2.70. The molecule has 1 aliphatic rings. The summed E-state index contributed by atoms with van der Waals surface area (Å²) in [5.41, 5.74) is 1.03. The fraction of sp³-hybridized carbons (Fsp3) is 0.400. The zero-order chi connectivity index (χ0) is 14.8. The Morgan fingerprint density at radius 2 is 2.24 bits per heavy atom. The fourth-order valence-electron chi connectivity index (χ4n) is 2.90. The first-order chi connectivity index (χ1) is 10.2. The number of nitro benzene ring substituents is 1. The molecule has 6 heteroatoms. The van der Waals surface area contributed by atoms with Gasteiger partial charge in [-0.15, -0.1) is 0 Å². The number of rotatable bonds is 3. The van der Waals surface area contributed by atoms with Crippen LogP contribution in [0.3, 0.4) is 0 Å². The van der Waals surface area contributed by atoms with Crippen LogP contribution in [0.5, 0.6) is 0 Å². The minimum atomic E-state index is -0.363. The summed E-state index contributed by atoms with van der Waals surface area (Å²) >= 11 is 0. The number of aromatic nitrogens is 1. The number of benzene rings is 1. The molecule has 2 atom stereocenters. The van der Waals surface area contributed by atoms with Gasteiger partial charge in [0.1, 0.15) is 0 Å². The van der Waals surface area contributed by atoms with Crippen LogP contribution in [0.25, 0.3) is 10.8 Å². The van der Waals surface area contributed by atoms with E-state index in [1.807, 2.05) is 6.07 Å². The van der Waals surface area contributed by atoms with Gasteiger partial charge in [-0.25, -0.2) is 0 Å². The zero-order valence-electron chi connectivity index (χ0n) is 11.9. The Bertz CT molecular complexity index is 674. The monoisotopic (exact) mass is 286 g/mol. The first kappa shape index (κ1) is 13.8. The Kier molecular flexibility index (Phi) is 3.70. The number of non-ortho nitro benzene ring substituents is 1. The predicted molar refractivity (Wildman–Crippen MR) is 82.5 cm³/mol. The van der Waals surface area contributed by atoms with E-state index in [0.717, 1.165) is 30.5 Å². The molecule has 1 saturated heterocycles. The topological polar surface area (TPSA) is 80.1 Å². The third-order valence-electron chi connectivity index (χ3n) is 4.09. The molecule has 1 aliphatic heterocycles. The highest BCUT2D eigenvalue weighted by molar-refractivity contribution is 5.99. The van der Waals surface area contributed by atoms with Gasteiger partial charge in [0.15, 0.2) is 0 Å². The lowest BCUT2D eigenvalue weighted by molar-refractivity contribution is -0.383. The maximum absolute atomic E-state index is 11.1. The highest BCUT2D eigenvalue weighted by atomic mass is 16.6. The smallest absolute Gasteiger partial charge is 0.278 e. The number of nitrogens with one attached hydrogen (secondary N) is 2. The molecule has 110 valence electrons. The molecule has 0 bridgehead atoms. The highest BCUT2D eigenvalue weighted by Crippen LogP contribution is 2.31. The Labute approximate surface area is 122 Å². The van der Waals surface area contributed by atoms with E-state index in [-0.39, 0.29) is 10.6 Å². The zero-order valence-corrected chi connectivity index (χ0v) is 11.9. The quantitative estimate of drug-likeness (QED) is 0.670. The van der Waals surface area contributed by atoms with Gasteiger partial charge >= 0.3 is 0 Å². The van der Waals surface area contributed by atoms with Gasteiger partial charge in [0.2, 0.25) is 0 Å². The van der Waals surface area contributed by atoms with Crippen molar-refractivity contribution in [3.8, 4) is 0 Å². The van der Waals surface area contributed by atoms with Crippen LogP contribution in [0.1, 0.15) is 19.8 Å². The van der Waals surface area contributed by atoms with Gasteiger partial charge in [0, 0.05) is 41.6 Å². The second-order valence-electron chi connectivity index (χ2n) is 5.45. The van der Waals surface area contributed by atoms with Gasteiger partial charge < -0.3 is 10.6 Å². The standard InChI is InChI=1S/C15H18N4O2/c1-10-13(3-2-7-17-10)18-14-4-5-15(19(20)21)12-9-16-8-6-11(12)14/h4-6,8-10,13,17-18H,2-3,7H2,1H3. The van der Waals surface area contributed by atoms with Crippen LogP contribution in [-0.4, -0.2) is 28.5 Å². The SMILES string of the molecule is CC1NCCCC1Nc1ccc([N+](=O)[O-])c2cnccc12. The van der Waals surface area contributed by atoms with Crippen molar-refractivity contribution in [3.63, 3.8) is 0 Å². The van der Waals surface area contributed by atoms with Crippen molar-refractivity contribution in [2.24, 2.45) is 0 Å². The third-order valence-corrected chi connectivity index (χ3v) is 4.09. The van der Waals surface area contributed by atoms with Crippen molar-refractivity contribution in [2.75, 3.05) is 11.9 Å². The Morgan fingerprint density at radius 1 is 1.38 bits per heavy atom. The van der Waals surface area contributed by atoms with Crippen LogP contribution in [0.2, 0.25) is 0 Å². The number of nitrogens with zero attached hydrogens (tertiary/aromatic N) is 2. The Balaban J connectivity index is 1.99. The van der Waals surface area contributed by atoms with Crippen LogP contribution in [0, 0.1) is 10.1 Å². The molecule has 0 radical (unpaired) electrons. The van der Waals surface area contributed by atoms with Crippen molar-refractivity contribution in [2.45, 2.75) is 31.8 Å². The number of piperidine rings is 1. The van der Waals surface area contributed by atoms with E-state index >= 15 is 0 Å². The van der Waals surface area contributed by atoms with E-state index in [2.05, 4.69) is 22.5 Å². The summed E-state index contributed by atoms with van der Waals surface area (Å²) in [7, 11) is 0. The van der Waals surface area contributed by atoms with Crippen molar-refractivity contribution in [1.82, 2.24) is 10.3 Å². The summed E-state index contributed by atoms with van der Waals surface area (Å²) in [6.07, 6.45) is 5.45. The summed E-state index contributed by atoms with van der Waals surface area (Å²) in [6.45, 7) is 3.20. The number of hydrogen-bond donors (Lipinski definition) is 2. The molecule has 6 nitrogen and oxygen atoms in total. The van der Waals surface area contributed by atoms with Crippen LogP contribution in [0.4, 0.5) is 11.4 Å².